The lowest BCUT2D eigenvalue weighted by molar-refractivity contribution is -0.139. The van der Waals surface area contributed by atoms with E-state index in [1.165, 1.54) is 16.7 Å². The van der Waals surface area contributed by atoms with Crippen molar-refractivity contribution in [2.24, 2.45) is 17.1 Å². The van der Waals surface area contributed by atoms with Crippen LogP contribution < -0.4 is 27.0 Å². The van der Waals surface area contributed by atoms with Crippen molar-refractivity contribution in [1.29, 1.82) is 0 Å². The van der Waals surface area contributed by atoms with E-state index >= 15 is 0 Å². The predicted octanol–water partition coefficient (Wildman–Crippen LogP) is 1.74. The maximum Gasteiger partial charge on any atom is 0.407 e. The van der Waals surface area contributed by atoms with E-state index < -0.39 is 35.2 Å². The average Bonchev–Trinajstić information content (AvgIpc) is 3.76. The molecule has 2 fully saturated rings. The number of thioether (sulfide) groups is 1. The molecule has 16 heteroatoms. The summed E-state index contributed by atoms with van der Waals surface area (Å²) >= 11 is 1.38. The molecular formula is C33H48N6O9S. The minimum atomic E-state index is -0.846. The van der Waals surface area contributed by atoms with Crippen molar-refractivity contribution in [2.45, 2.75) is 83.1 Å². The van der Waals surface area contributed by atoms with Gasteiger partial charge >= 0.3 is 12.1 Å². The van der Waals surface area contributed by atoms with Gasteiger partial charge in [0.15, 0.2) is 0 Å². The fourth-order valence-corrected chi connectivity index (χ4v) is 6.69. The molecule has 1 aromatic rings. The lowest BCUT2D eigenvalue weighted by atomic mass is 10.0. The fraction of sp³-hybridized carbons (Fsp3) is 0.606. The van der Waals surface area contributed by atoms with Crippen molar-refractivity contribution in [3.63, 3.8) is 0 Å². The Bertz CT molecular complexity index is 1350. The number of amides is 6. The molecule has 2 aliphatic rings. The van der Waals surface area contributed by atoms with Crippen LogP contribution >= 0.6 is 11.8 Å². The first-order valence-electron chi connectivity index (χ1n) is 16.6. The Hall–Kier alpha value is -4.18. The van der Waals surface area contributed by atoms with E-state index in [0.29, 0.717) is 49.4 Å². The van der Waals surface area contributed by atoms with E-state index in [0.717, 1.165) is 12.8 Å². The number of carbonyl (C=O) groups is 7. The number of likely N-dealkylation sites (tertiary alicyclic amines) is 1. The van der Waals surface area contributed by atoms with Crippen LogP contribution in [0.3, 0.4) is 0 Å². The van der Waals surface area contributed by atoms with Gasteiger partial charge in [0.1, 0.15) is 12.6 Å². The third-order valence-corrected chi connectivity index (χ3v) is 9.82. The van der Waals surface area contributed by atoms with Crippen molar-refractivity contribution in [3.05, 3.63) is 29.8 Å². The van der Waals surface area contributed by atoms with E-state index in [1.807, 2.05) is 0 Å². The topological polar surface area (TPSA) is 226 Å². The number of aliphatic carboxylic acids is 1. The summed E-state index contributed by atoms with van der Waals surface area (Å²) in [5, 5.41) is 19.1. The lowest BCUT2D eigenvalue weighted by Crippen LogP contribution is -2.51. The monoisotopic (exact) mass is 704 g/mol. The molecule has 0 spiro atoms. The Morgan fingerprint density at radius 3 is 2.39 bits per heavy atom. The van der Waals surface area contributed by atoms with Crippen molar-refractivity contribution in [3.8, 4) is 0 Å². The number of unbranched alkanes of at least 4 members (excludes halogenated alkanes) is 2. The van der Waals surface area contributed by atoms with Gasteiger partial charge < -0.3 is 36.8 Å². The Balaban J connectivity index is 1.31. The van der Waals surface area contributed by atoms with Gasteiger partial charge in [-0.15, -0.1) is 11.8 Å². The minimum Gasteiger partial charge on any atom is -0.481 e. The molecule has 1 aliphatic heterocycles. The first-order chi connectivity index (χ1) is 23.3. The van der Waals surface area contributed by atoms with Gasteiger partial charge in [0.25, 0.3) is 0 Å². The lowest BCUT2D eigenvalue weighted by Gasteiger charge is -2.21. The molecule has 0 aromatic heterocycles. The van der Waals surface area contributed by atoms with Gasteiger partial charge in [-0.25, -0.2) is 4.79 Å². The number of hydrogen-bond donors (Lipinski definition) is 6. The molecule has 0 bridgehead atoms. The van der Waals surface area contributed by atoms with Crippen LogP contribution in [-0.2, 0) is 40.1 Å². The number of carboxylic acid groups (broad SMARTS) is 1. The summed E-state index contributed by atoms with van der Waals surface area (Å²) in [7, 11) is 0. The molecule has 15 nitrogen and oxygen atoms in total. The molecule has 1 aromatic carbocycles. The van der Waals surface area contributed by atoms with Gasteiger partial charge in [0.2, 0.25) is 29.5 Å². The number of nitrogens with zero attached hydrogens (tertiary/aromatic N) is 1. The normalized spacial score (nSPS) is 17.0. The number of alkyl carbamates (subject to hydrolysis) is 1. The van der Waals surface area contributed by atoms with Gasteiger partial charge in [-0.05, 0) is 54.7 Å². The predicted molar refractivity (Wildman–Crippen MR) is 182 cm³/mol. The van der Waals surface area contributed by atoms with Crippen LogP contribution in [-0.4, -0.2) is 94.8 Å². The Kier molecular flexibility index (Phi) is 15.3. The molecule has 0 radical (unpaired) electrons. The molecule has 1 aliphatic carbocycles. The number of imide groups is 1. The summed E-state index contributed by atoms with van der Waals surface area (Å²) in [4.78, 5) is 87.0. The molecule has 6 amide bonds. The molecule has 1 saturated carbocycles. The highest BCUT2D eigenvalue weighted by Gasteiger charge is 2.47. The molecule has 7 N–H and O–H groups in total. The van der Waals surface area contributed by atoms with E-state index in [9.17, 15) is 33.6 Å². The van der Waals surface area contributed by atoms with Crippen LogP contribution in [0.2, 0.25) is 0 Å². The third-order valence-electron chi connectivity index (χ3n) is 8.27. The maximum absolute atomic E-state index is 12.8. The van der Waals surface area contributed by atoms with Crippen molar-refractivity contribution >= 4 is 59.0 Å². The zero-order chi connectivity index (χ0) is 36.0. The number of carbonyl (C=O) groups excluding carboxylic acids is 6. The Morgan fingerprint density at radius 1 is 1.04 bits per heavy atom. The summed E-state index contributed by atoms with van der Waals surface area (Å²) in [5.74, 6) is -2.26. The Morgan fingerprint density at radius 2 is 1.76 bits per heavy atom. The summed E-state index contributed by atoms with van der Waals surface area (Å²) in [6.07, 6.45) is 3.07. The zero-order valence-corrected chi connectivity index (χ0v) is 28.9. The molecule has 1 heterocycles. The summed E-state index contributed by atoms with van der Waals surface area (Å²) < 4.78 is 5.06. The molecule has 49 heavy (non-hydrogen) atoms. The highest BCUT2D eigenvalue weighted by atomic mass is 32.2. The van der Waals surface area contributed by atoms with Crippen LogP contribution in [0.1, 0.15) is 70.8 Å². The minimum absolute atomic E-state index is 0.0453. The SMILES string of the molecule is CC(C)[C@H](NC(=O)CCCCCN1C(=O)CC(SCC2(CC(=O)O)CC2)C1=O)C(=O)NCC(=O)Nc1ccc(COC(=O)NCCN)cc1. The molecule has 3 rings (SSSR count). The molecule has 2 atom stereocenters. The van der Waals surface area contributed by atoms with Gasteiger partial charge in [0.05, 0.1) is 18.2 Å². The van der Waals surface area contributed by atoms with Gasteiger partial charge in [0, 0.05) is 43.9 Å². The maximum atomic E-state index is 12.8. The second kappa shape index (κ2) is 19.1. The smallest absolute Gasteiger partial charge is 0.407 e. The quantitative estimate of drug-likeness (QED) is 0.0798. The highest BCUT2D eigenvalue weighted by molar-refractivity contribution is 8.00. The van der Waals surface area contributed by atoms with Crippen LogP contribution in [0, 0.1) is 11.3 Å². The fourth-order valence-electron chi connectivity index (χ4n) is 5.22. The van der Waals surface area contributed by atoms with Gasteiger partial charge in [-0.3, -0.25) is 33.7 Å². The van der Waals surface area contributed by atoms with Crippen LogP contribution in [0.4, 0.5) is 10.5 Å². The van der Waals surface area contributed by atoms with Crippen molar-refractivity contribution in [1.82, 2.24) is 20.9 Å². The summed E-state index contributed by atoms with van der Waals surface area (Å²) in [6.45, 7) is 4.18. The number of nitrogens with one attached hydrogen (secondary N) is 4. The summed E-state index contributed by atoms with van der Waals surface area (Å²) in [5.41, 5.74) is 6.27. The van der Waals surface area contributed by atoms with Gasteiger partial charge in [-0.2, -0.15) is 0 Å². The first kappa shape index (κ1) is 39.3. The van der Waals surface area contributed by atoms with Gasteiger partial charge in [-0.1, -0.05) is 32.4 Å². The number of carboxylic acids is 1. The zero-order valence-electron chi connectivity index (χ0n) is 28.1. The summed E-state index contributed by atoms with van der Waals surface area (Å²) in [6, 6.07) is 5.81. The average molecular weight is 705 g/mol. The number of nitrogens with two attached hydrogens (primary N) is 1. The number of anilines is 1. The highest BCUT2D eigenvalue weighted by Crippen LogP contribution is 2.52. The molecule has 1 unspecified atom stereocenters. The third kappa shape index (κ3) is 13.3. The number of benzene rings is 1. The molecular weight excluding hydrogens is 656 g/mol. The van der Waals surface area contributed by atoms with E-state index in [4.69, 9.17) is 15.6 Å². The number of hydrogen-bond acceptors (Lipinski definition) is 10. The van der Waals surface area contributed by atoms with E-state index in [-0.39, 0.29) is 68.0 Å². The number of rotatable bonds is 21. The standard InChI is InChI=1S/C33H48N6O9S/c1-21(2)29(30(45)36-18-26(41)37-23-9-7-22(8-10-23)19-48-32(47)35-14-13-34)38-25(40)6-4-3-5-15-39-27(42)16-24(31(39)46)49-20-33(11-12-33)17-28(43)44/h7-10,21,24,29H,3-6,11-20,34H2,1-2H3,(H,35,47)(H,36,45)(H,37,41)(H,38,40)(H,43,44)/t24?,29-/m0/s1. The largest absolute Gasteiger partial charge is 0.481 e. The van der Waals surface area contributed by atoms with Crippen molar-refractivity contribution in [2.75, 3.05) is 37.2 Å². The van der Waals surface area contributed by atoms with Crippen molar-refractivity contribution < 1.29 is 43.4 Å². The Labute approximate surface area is 290 Å². The van der Waals surface area contributed by atoms with E-state index in [2.05, 4.69) is 21.3 Å². The number of ether oxygens (including phenoxy) is 1. The van der Waals surface area contributed by atoms with E-state index in [1.54, 1.807) is 38.1 Å². The van der Waals surface area contributed by atoms with Crippen LogP contribution in [0.15, 0.2) is 24.3 Å². The van der Waals surface area contributed by atoms with Crippen LogP contribution in [0.5, 0.6) is 0 Å². The molecule has 270 valence electrons. The first-order valence-corrected chi connectivity index (χ1v) is 17.6. The van der Waals surface area contributed by atoms with Crippen LogP contribution in [0.25, 0.3) is 0 Å². The molecule has 1 saturated heterocycles. The second-order valence-electron chi connectivity index (χ2n) is 12.8. The second-order valence-corrected chi connectivity index (χ2v) is 14.0.